The zero-order valence-corrected chi connectivity index (χ0v) is 7.61. The molecule has 0 radical (unpaired) electrons. The fourth-order valence-corrected chi connectivity index (χ4v) is 0.936. The van der Waals surface area contributed by atoms with E-state index in [9.17, 15) is 4.39 Å². The molecule has 0 aliphatic rings. The summed E-state index contributed by atoms with van der Waals surface area (Å²) in [5.41, 5.74) is -0.224. The summed E-state index contributed by atoms with van der Waals surface area (Å²) in [5, 5.41) is 17.6. The summed E-state index contributed by atoms with van der Waals surface area (Å²) in [4.78, 5) is 0. The van der Waals surface area contributed by atoms with E-state index in [1.807, 2.05) is 0 Å². The lowest BCUT2D eigenvalue weighted by molar-refractivity contribution is 0.0511. The molecule has 1 aromatic carbocycles. The van der Waals surface area contributed by atoms with Gasteiger partial charge in [-0.2, -0.15) is 0 Å². The van der Waals surface area contributed by atoms with Crippen molar-refractivity contribution in [2.24, 2.45) is 0 Å². The van der Waals surface area contributed by atoms with Gasteiger partial charge < -0.3 is 19.5 Å². The number of ether oxygens (including phenoxy) is 2. The largest absolute Gasteiger partial charge is 0.491 e. The van der Waals surface area contributed by atoms with Crippen LogP contribution in [-0.4, -0.2) is 31.1 Å². The van der Waals surface area contributed by atoms with Crippen molar-refractivity contribution in [3.63, 3.8) is 0 Å². The summed E-state index contributed by atoms with van der Waals surface area (Å²) < 4.78 is 22.6. The van der Waals surface area contributed by atoms with Crippen molar-refractivity contribution >= 4 is 12.6 Å². The highest BCUT2D eigenvalue weighted by atomic mass is 19.1. The molecule has 0 aliphatic heterocycles. The van der Waals surface area contributed by atoms with Gasteiger partial charge in [0.05, 0.1) is 0 Å². The molecule has 4 nitrogen and oxygen atoms in total. The SMILES string of the molecule is COCOc1ccc(F)c(B(O)O)c1. The molecule has 0 spiro atoms. The molecule has 6 heteroatoms. The average Bonchev–Trinajstić information content (AvgIpc) is 2.16. The molecule has 1 aromatic rings. The highest BCUT2D eigenvalue weighted by molar-refractivity contribution is 6.58. The molecule has 0 saturated heterocycles. The van der Waals surface area contributed by atoms with Crippen molar-refractivity contribution in [1.82, 2.24) is 0 Å². The number of methoxy groups -OCH3 is 1. The van der Waals surface area contributed by atoms with E-state index in [-0.39, 0.29) is 12.3 Å². The van der Waals surface area contributed by atoms with Crippen LogP contribution in [0.15, 0.2) is 18.2 Å². The molecule has 0 bridgehead atoms. The van der Waals surface area contributed by atoms with Crippen molar-refractivity contribution in [3.05, 3.63) is 24.0 Å². The van der Waals surface area contributed by atoms with Gasteiger partial charge in [0, 0.05) is 12.6 Å². The van der Waals surface area contributed by atoms with Crippen LogP contribution in [-0.2, 0) is 4.74 Å². The summed E-state index contributed by atoms with van der Waals surface area (Å²) in [6.45, 7) is 0.0204. The summed E-state index contributed by atoms with van der Waals surface area (Å²) in [6.07, 6.45) is 0. The zero-order valence-electron chi connectivity index (χ0n) is 7.61. The zero-order chi connectivity index (χ0) is 10.6. The number of benzene rings is 1. The van der Waals surface area contributed by atoms with E-state index in [1.165, 1.54) is 19.2 Å². The quantitative estimate of drug-likeness (QED) is 0.507. The van der Waals surface area contributed by atoms with Crippen molar-refractivity contribution in [2.45, 2.75) is 0 Å². The third-order valence-electron chi connectivity index (χ3n) is 1.59. The summed E-state index contributed by atoms with van der Waals surface area (Å²) in [6, 6.07) is 3.68. The first-order valence-electron chi connectivity index (χ1n) is 3.92. The van der Waals surface area contributed by atoms with Gasteiger partial charge in [-0.15, -0.1) is 0 Å². The smallest absolute Gasteiger partial charge is 0.468 e. The van der Waals surface area contributed by atoms with Gasteiger partial charge >= 0.3 is 7.12 Å². The molecule has 0 amide bonds. The number of halogens is 1. The molecule has 1 rings (SSSR count). The van der Waals surface area contributed by atoms with Gasteiger partial charge in [0.15, 0.2) is 6.79 Å². The second-order valence-corrected chi connectivity index (χ2v) is 2.61. The second kappa shape index (κ2) is 4.95. The van der Waals surface area contributed by atoms with Crippen LogP contribution in [0.5, 0.6) is 5.75 Å². The Labute approximate surface area is 81.0 Å². The Balaban J connectivity index is 2.83. The van der Waals surface area contributed by atoms with Crippen LogP contribution in [0, 0.1) is 5.82 Å². The molecular formula is C8H10BFO4. The van der Waals surface area contributed by atoms with Gasteiger partial charge in [0.25, 0.3) is 0 Å². The molecule has 14 heavy (non-hydrogen) atoms. The Bertz CT molecular complexity index is 305. The molecule has 0 aliphatic carbocycles. The molecular weight excluding hydrogens is 190 g/mol. The molecule has 0 aromatic heterocycles. The number of rotatable bonds is 4. The summed E-state index contributed by atoms with van der Waals surface area (Å²) in [5.74, 6) is -0.374. The van der Waals surface area contributed by atoms with E-state index < -0.39 is 12.9 Å². The number of hydrogen-bond donors (Lipinski definition) is 2. The van der Waals surface area contributed by atoms with Crippen LogP contribution in [0.1, 0.15) is 0 Å². The lowest BCUT2D eigenvalue weighted by atomic mass is 9.80. The highest BCUT2D eigenvalue weighted by Gasteiger charge is 2.17. The normalized spacial score (nSPS) is 10.0. The first-order chi connectivity index (χ1) is 6.65. The fourth-order valence-electron chi connectivity index (χ4n) is 0.936. The predicted molar refractivity (Wildman–Crippen MR) is 48.7 cm³/mol. The molecule has 0 unspecified atom stereocenters. The first-order valence-corrected chi connectivity index (χ1v) is 3.92. The molecule has 76 valence electrons. The topological polar surface area (TPSA) is 58.9 Å². The maximum Gasteiger partial charge on any atom is 0.491 e. The summed E-state index contributed by atoms with van der Waals surface area (Å²) in [7, 11) is -0.396. The monoisotopic (exact) mass is 200 g/mol. The van der Waals surface area contributed by atoms with Gasteiger partial charge in [0.1, 0.15) is 11.6 Å². The Morgan fingerprint density at radius 3 is 2.71 bits per heavy atom. The summed E-state index contributed by atoms with van der Waals surface area (Å²) >= 11 is 0. The first kappa shape index (κ1) is 11.0. The lowest BCUT2D eigenvalue weighted by Gasteiger charge is -2.07. The Kier molecular flexibility index (Phi) is 3.88. The van der Waals surface area contributed by atoms with E-state index in [0.29, 0.717) is 5.75 Å². The standard InChI is InChI=1S/C8H10BFO4/c1-13-5-14-6-2-3-8(10)7(4-6)9(11)12/h2-4,11-12H,5H2,1H3. The maximum absolute atomic E-state index is 12.9. The minimum atomic E-state index is -1.85. The van der Waals surface area contributed by atoms with Crippen LogP contribution < -0.4 is 10.2 Å². The minimum Gasteiger partial charge on any atom is -0.468 e. The van der Waals surface area contributed by atoms with E-state index >= 15 is 0 Å². The van der Waals surface area contributed by atoms with Crippen molar-refractivity contribution in [2.75, 3.05) is 13.9 Å². The third kappa shape index (κ3) is 2.70. The average molecular weight is 200 g/mol. The molecule has 0 atom stereocenters. The van der Waals surface area contributed by atoms with E-state index in [0.717, 1.165) is 6.07 Å². The van der Waals surface area contributed by atoms with Gasteiger partial charge in [0.2, 0.25) is 0 Å². The molecule has 0 heterocycles. The van der Waals surface area contributed by atoms with E-state index in [1.54, 1.807) is 0 Å². The molecule has 0 fully saturated rings. The maximum atomic E-state index is 12.9. The lowest BCUT2D eigenvalue weighted by Crippen LogP contribution is -2.32. The van der Waals surface area contributed by atoms with Crippen LogP contribution in [0.25, 0.3) is 0 Å². The van der Waals surface area contributed by atoms with Gasteiger partial charge in [-0.05, 0) is 18.2 Å². The van der Waals surface area contributed by atoms with Crippen LogP contribution in [0.4, 0.5) is 4.39 Å². The molecule has 2 N–H and O–H groups in total. The Morgan fingerprint density at radius 1 is 1.43 bits per heavy atom. The van der Waals surface area contributed by atoms with E-state index in [4.69, 9.17) is 14.8 Å². The van der Waals surface area contributed by atoms with Crippen molar-refractivity contribution in [1.29, 1.82) is 0 Å². The van der Waals surface area contributed by atoms with Gasteiger partial charge in [-0.25, -0.2) is 4.39 Å². The van der Waals surface area contributed by atoms with Crippen LogP contribution >= 0.6 is 0 Å². The van der Waals surface area contributed by atoms with Crippen molar-refractivity contribution in [3.8, 4) is 5.75 Å². The highest BCUT2D eigenvalue weighted by Crippen LogP contribution is 2.09. The second-order valence-electron chi connectivity index (χ2n) is 2.61. The van der Waals surface area contributed by atoms with Gasteiger partial charge in [-0.1, -0.05) is 0 Å². The predicted octanol–water partition coefficient (Wildman–Crippen LogP) is -0.512. The van der Waals surface area contributed by atoms with E-state index in [2.05, 4.69) is 4.74 Å². The van der Waals surface area contributed by atoms with Crippen LogP contribution in [0.3, 0.4) is 0 Å². The third-order valence-corrected chi connectivity index (χ3v) is 1.59. The van der Waals surface area contributed by atoms with Crippen molar-refractivity contribution < 1.29 is 23.9 Å². The number of hydrogen-bond acceptors (Lipinski definition) is 4. The Morgan fingerprint density at radius 2 is 2.14 bits per heavy atom. The molecule has 0 saturated carbocycles. The minimum absolute atomic E-state index is 0.0204. The fraction of sp³-hybridized carbons (Fsp3) is 0.250. The van der Waals surface area contributed by atoms with Gasteiger partial charge in [-0.3, -0.25) is 0 Å². The Hall–Kier alpha value is -1.11. The van der Waals surface area contributed by atoms with Crippen LogP contribution in [0.2, 0.25) is 0 Å².